The van der Waals surface area contributed by atoms with Crippen LogP contribution < -0.4 is 4.74 Å². The maximum atomic E-state index is 12.1. The monoisotopic (exact) mass is 313 g/mol. The summed E-state index contributed by atoms with van der Waals surface area (Å²) in [5.74, 6) is -0.366. The van der Waals surface area contributed by atoms with Crippen molar-refractivity contribution in [1.29, 1.82) is 0 Å². The van der Waals surface area contributed by atoms with Crippen molar-refractivity contribution in [2.75, 3.05) is 13.2 Å². The minimum atomic E-state index is -0.925. The van der Waals surface area contributed by atoms with Crippen LogP contribution in [0.3, 0.4) is 0 Å². The molecule has 2 aromatic rings. The van der Waals surface area contributed by atoms with Crippen molar-refractivity contribution in [2.45, 2.75) is 25.3 Å². The normalized spacial score (nSPS) is 17.4. The van der Waals surface area contributed by atoms with Crippen LogP contribution in [0.5, 0.6) is 5.75 Å². The molecule has 1 saturated heterocycles. The Morgan fingerprint density at radius 1 is 1.17 bits per heavy atom. The van der Waals surface area contributed by atoms with Crippen molar-refractivity contribution in [3.63, 3.8) is 0 Å². The van der Waals surface area contributed by atoms with E-state index in [4.69, 9.17) is 9.84 Å². The van der Waals surface area contributed by atoms with Crippen LogP contribution >= 0.6 is 0 Å². The van der Waals surface area contributed by atoms with Gasteiger partial charge in [0, 0.05) is 6.54 Å². The third-order valence-corrected chi connectivity index (χ3v) is 4.16. The zero-order chi connectivity index (χ0) is 16.2. The van der Waals surface area contributed by atoms with E-state index in [1.54, 1.807) is 0 Å². The zero-order valence-corrected chi connectivity index (χ0v) is 12.8. The van der Waals surface area contributed by atoms with Gasteiger partial charge in [0.15, 0.2) is 0 Å². The molecule has 0 radical (unpaired) electrons. The highest BCUT2D eigenvalue weighted by molar-refractivity contribution is 5.85. The topological polar surface area (TPSA) is 66.8 Å². The molecule has 3 rings (SSSR count). The van der Waals surface area contributed by atoms with Gasteiger partial charge in [-0.2, -0.15) is 0 Å². The number of hydrogen-bond donors (Lipinski definition) is 1. The van der Waals surface area contributed by atoms with Gasteiger partial charge in [0.05, 0.1) is 13.0 Å². The second kappa shape index (κ2) is 6.69. The summed E-state index contributed by atoms with van der Waals surface area (Å²) in [5, 5.41) is 11.3. The van der Waals surface area contributed by atoms with Gasteiger partial charge in [-0.15, -0.1) is 0 Å². The molecule has 0 aromatic heterocycles. The minimum absolute atomic E-state index is 0.157. The third-order valence-electron chi connectivity index (χ3n) is 4.16. The summed E-state index contributed by atoms with van der Waals surface area (Å²) in [6.07, 6.45) is 1.47. The number of carboxylic acids is 1. The van der Waals surface area contributed by atoms with Crippen molar-refractivity contribution in [1.82, 2.24) is 4.90 Å². The standard InChI is InChI=1S/C18H19NO4/c20-17(19-10-3-6-16(19)18(21)22)9-11-23-15-8-7-13-4-1-2-5-14(13)12-15/h1-2,4-5,7-8,12,16H,3,6,9-11H2,(H,21,22). The Morgan fingerprint density at radius 2 is 1.96 bits per heavy atom. The van der Waals surface area contributed by atoms with Crippen molar-refractivity contribution >= 4 is 22.6 Å². The number of nitrogens with zero attached hydrogens (tertiary/aromatic N) is 1. The number of carbonyl (C=O) groups is 2. The summed E-state index contributed by atoms with van der Waals surface area (Å²) in [5.41, 5.74) is 0. The molecule has 1 aliphatic heterocycles. The van der Waals surface area contributed by atoms with Crippen LogP contribution in [0.1, 0.15) is 19.3 Å². The van der Waals surface area contributed by atoms with Crippen molar-refractivity contribution in [3.8, 4) is 5.75 Å². The number of carbonyl (C=O) groups excluding carboxylic acids is 1. The molecule has 120 valence electrons. The van der Waals surface area contributed by atoms with Crippen LogP contribution in [0, 0.1) is 0 Å². The third kappa shape index (κ3) is 3.44. The van der Waals surface area contributed by atoms with E-state index in [-0.39, 0.29) is 18.9 Å². The van der Waals surface area contributed by atoms with E-state index in [2.05, 4.69) is 0 Å². The Labute approximate surface area is 134 Å². The predicted octanol–water partition coefficient (Wildman–Crippen LogP) is 2.68. The lowest BCUT2D eigenvalue weighted by molar-refractivity contribution is -0.148. The first-order valence-electron chi connectivity index (χ1n) is 7.79. The number of likely N-dealkylation sites (tertiary alicyclic amines) is 1. The van der Waals surface area contributed by atoms with Crippen LogP contribution in [0.15, 0.2) is 42.5 Å². The molecule has 0 aliphatic carbocycles. The maximum Gasteiger partial charge on any atom is 0.326 e. The number of carboxylic acid groups (broad SMARTS) is 1. The lowest BCUT2D eigenvalue weighted by Gasteiger charge is -2.21. The van der Waals surface area contributed by atoms with Crippen LogP contribution in [-0.4, -0.2) is 41.1 Å². The summed E-state index contributed by atoms with van der Waals surface area (Å²) < 4.78 is 5.65. The molecule has 1 N–H and O–H groups in total. The molecule has 0 bridgehead atoms. The van der Waals surface area contributed by atoms with E-state index >= 15 is 0 Å². The summed E-state index contributed by atoms with van der Waals surface area (Å²) in [7, 11) is 0. The molecule has 1 amide bonds. The maximum absolute atomic E-state index is 12.1. The Kier molecular flexibility index (Phi) is 4.46. The van der Waals surface area contributed by atoms with Crippen LogP contribution in [0.25, 0.3) is 10.8 Å². The van der Waals surface area contributed by atoms with Gasteiger partial charge in [-0.3, -0.25) is 4.79 Å². The van der Waals surface area contributed by atoms with Crippen LogP contribution in [0.4, 0.5) is 0 Å². The Hall–Kier alpha value is -2.56. The first-order chi connectivity index (χ1) is 11.1. The smallest absolute Gasteiger partial charge is 0.326 e. The average molecular weight is 313 g/mol. The quantitative estimate of drug-likeness (QED) is 0.921. The van der Waals surface area contributed by atoms with E-state index in [9.17, 15) is 9.59 Å². The first kappa shape index (κ1) is 15.3. The molecule has 0 spiro atoms. The number of rotatable bonds is 5. The lowest BCUT2D eigenvalue weighted by atomic mass is 10.1. The molecular formula is C18H19NO4. The highest BCUT2D eigenvalue weighted by atomic mass is 16.5. The SMILES string of the molecule is O=C(O)C1CCCN1C(=O)CCOc1ccc2ccccc2c1. The second-order valence-electron chi connectivity index (χ2n) is 5.69. The van der Waals surface area contributed by atoms with Gasteiger partial charge >= 0.3 is 5.97 Å². The molecule has 5 nitrogen and oxygen atoms in total. The highest BCUT2D eigenvalue weighted by Crippen LogP contribution is 2.21. The predicted molar refractivity (Wildman–Crippen MR) is 86.4 cm³/mol. The fourth-order valence-corrected chi connectivity index (χ4v) is 2.98. The Morgan fingerprint density at radius 3 is 2.74 bits per heavy atom. The van der Waals surface area contributed by atoms with E-state index in [1.807, 2.05) is 42.5 Å². The number of fused-ring (bicyclic) bond motifs is 1. The fraction of sp³-hybridized carbons (Fsp3) is 0.333. The van der Waals surface area contributed by atoms with E-state index in [0.717, 1.165) is 17.2 Å². The van der Waals surface area contributed by atoms with Crippen LogP contribution in [0.2, 0.25) is 0 Å². The summed E-state index contributed by atoms with van der Waals surface area (Å²) in [4.78, 5) is 24.7. The molecule has 1 aliphatic rings. The fourth-order valence-electron chi connectivity index (χ4n) is 2.98. The van der Waals surface area contributed by atoms with Gasteiger partial charge in [-0.1, -0.05) is 30.3 Å². The van der Waals surface area contributed by atoms with Gasteiger partial charge < -0.3 is 14.7 Å². The van der Waals surface area contributed by atoms with Crippen LogP contribution in [-0.2, 0) is 9.59 Å². The number of amides is 1. The molecule has 1 atom stereocenters. The highest BCUT2D eigenvalue weighted by Gasteiger charge is 2.33. The van der Waals surface area contributed by atoms with E-state index in [1.165, 1.54) is 4.90 Å². The van der Waals surface area contributed by atoms with Gasteiger partial charge in [-0.25, -0.2) is 4.79 Å². The Balaban J connectivity index is 1.56. The van der Waals surface area contributed by atoms with E-state index in [0.29, 0.717) is 18.7 Å². The van der Waals surface area contributed by atoms with Crippen molar-refractivity contribution < 1.29 is 19.4 Å². The van der Waals surface area contributed by atoms with Gasteiger partial charge in [0.1, 0.15) is 11.8 Å². The molecule has 23 heavy (non-hydrogen) atoms. The minimum Gasteiger partial charge on any atom is -0.493 e. The number of hydrogen-bond acceptors (Lipinski definition) is 3. The lowest BCUT2D eigenvalue weighted by Crippen LogP contribution is -2.40. The second-order valence-corrected chi connectivity index (χ2v) is 5.69. The molecule has 0 saturated carbocycles. The van der Waals surface area contributed by atoms with Gasteiger partial charge in [0.25, 0.3) is 0 Å². The zero-order valence-electron chi connectivity index (χ0n) is 12.8. The first-order valence-corrected chi connectivity index (χ1v) is 7.79. The van der Waals surface area contributed by atoms with E-state index < -0.39 is 12.0 Å². The average Bonchev–Trinajstić information content (AvgIpc) is 3.04. The summed E-state index contributed by atoms with van der Waals surface area (Å²) in [6, 6.07) is 13.1. The number of benzene rings is 2. The molecule has 1 fully saturated rings. The number of aliphatic carboxylic acids is 1. The largest absolute Gasteiger partial charge is 0.493 e. The van der Waals surface area contributed by atoms with Crippen molar-refractivity contribution in [3.05, 3.63) is 42.5 Å². The molecule has 5 heteroatoms. The molecule has 1 unspecified atom stereocenters. The molecular weight excluding hydrogens is 294 g/mol. The number of ether oxygens (including phenoxy) is 1. The molecule has 1 heterocycles. The van der Waals surface area contributed by atoms with Gasteiger partial charge in [0.2, 0.25) is 5.91 Å². The van der Waals surface area contributed by atoms with Crippen molar-refractivity contribution in [2.24, 2.45) is 0 Å². The van der Waals surface area contributed by atoms with Gasteiger partial charge in [-0.05, 0) is 35.7 Å². The molecule has 2 aromatic carbocycles. The summed E-state index contributed by atoms with van der Waals surface area (Å²) >= 11 is 0. The Bertz CT molecular complexity index is 728. The summed E-state index contributed by atoms with van der Waals surface area (Å²) in [6.45, 7) is 0.770.